The molecule has 1 fully saturated rings. The minimum absolute atomic E-state index is 0.214. The maximum atomic E-state index is 12.6. The Morgan fingerprint density at radius 3 is 2.35 bits per heavy atom. The number of hydrogen-bond acceptors (Lipinski definition) is 3. The molecule has 0 heterocycles. The van der Waals surface area contributed by atoms with Crippen LogP contribution in [0.15, 0.2) is 0 Å². The molecule has 0 aliphatic heterocycles. The summed E-state index contributed by atoms with van der Waals surface area (Å²) in [5, 5.41) is 3.31. The van der Waals surface area contributed by atoms with Crippen LogP contribution in [0.3, 0.4) is 0 Å². The van der Waals surface area contributed by atoms with Gasteiger partial charge in [0, 0.05) is 26.2 Å². The smallest absolute Gasteiger partial charge is 0.281 e. The SMILES string of the molecule is CCCNCCCN(C)S(=O)(=O)N(CC)C1CCCC1. The third kappa shape index (κ3) is 4.98. The Labute approximate surface area is 124 Å². The molecule has 0 atom stereocenters. The molecule has 6 heteroatoms. The van der Waals surface area contributed by atoms with E-state index in [0.717, 1.165) is 51.6 Å². The van der Waals surface area contributed by atoms with Crippen LogP contribution in [0.25, 0.3) is 0 Å². The van der Waals surface area contributed by atoms with Crippen molar-refractivity contribution in [1.82, 2.24) is 13.9 Å². The van der Waals surface area contributed by atoms with Gasteiger partial charge in [-0.05, 0) is 38.8 Å². The molecule has 1 aliphatic carbocycles. The topological polar surface area (TPSA) is 52.7 Å². The summed E-state index contributed by atoms with van der Waals surface area (Å²) in [5.74, 6) is 0. The van der Waals surface area contributed by atoms with E-state index in [1.165, 1.54) is 4.31 Å². The minimum Gasteiger partial charge on any atom is -0.317 e. The summed E-state index contributed by atoms with van der Waals surface area (Å²) in [5.41, 5.74) is 0. The van der Waals surface area contributed by atoms with Crippen LogP contribution in [-0.4, -0.2) is 56.3 Å². The van der Waals surface area contributed by atoms with Crippen LogP contribution in [-0.2, 0) is 10.2 Å². The maximum Gasteiger partial charge on any atom is 0.281 e. The lowest BCUT2D eigenvalue weighted by Gasteiger charge is -2.31. The standard InChI is InChI=1S/C14H31N3O2S/c1-4-11-15-12-8-13-16(3)20(18,19)17(5-2)14-9-6-7-10-14/h14-15H,4-13H2,1-3H3. The van der Waals surface area contributed by atoms with Crippen LogP contribution < -0.4 is 5.32 Å². The lowest BCUT2D eigenvalue weighted by atomic mass is 10.2. The predicted octanol–water partition coefficient (Wildman–Crippen LogP) is 1.82. The van der Waals surface area contributed by atoms with Gasteiger partial charge in [0.2, 0.25) is 0 Å². The molecule has 0 aromatic carbocycles. The van der Waals surface area contributed by atoms with Crippen molar-refractivity contribution < 1.29 is 8.42 Å². The van der Waals surface area contributed by atoms with Crippen LogP contribution in [0.4, 0.5) is 0 Å². The van der Waals surface area contributed by atoms with E-state index in [4.69, 9.17) is 0 Å². The summed E-state index contributed by atoms with van der Waals surface area (Å²) in [6.07, 6.45) is 6.30. The molecule has 0 unspecified atom stereocenters. The highest BCUT2D eigenvalue weighted by molar-refractivity contribution is 7.86. The van der Waals surface area contributed by atoms with Crippen LogP contribution in [0.1, 0.15) is 52.4 Å². The van der Waals surface area contributed by atoms with Gasteiger partial charge in [-0.3, -0.25) is 0 Å². The molecule has 1 saturated carbocycles. The molecular weight excluding hydrogens is 274 g/mol. The number of nitrogens with one attached hydrogen (secondary N) is 1. The molecule has 20 heavy (non-hydrogen) atoms. The first kappa shape index (κ1) is 17.9. The fourth-order valence-electron chi connectivity index (χ4n) is 2.82. The van der Waals surface area contributed by atoms with E-state index in [0.29, 0.717) is 13.1 Å². The Balaban J connectivity index is 2.47. The van der Waals surface area contributed by atoms with Gasteiger partial charge in [0.15, 0.2) is 0 Å². The molecule has 1 N–H and O–H groups in total. The summed E-state index contributed by atoms with van der Waals surface area (Å²) in [6.45, 7) is 7.10. The highest BCUT2D eigenvalue weighted by Crippen LogP contribution is 2.26. The van der Waals surface area contributed by atoms with Gasteiger partial charge >= 0.3 is 0 Å². The lowest BCUT2D eigenvalue weighted by molar-refractivity contribution is 0.303. The molecule has 0 aromatic heterocycles. The van der Waals surface area contributed by atoms with Crippen LogP contribution in [0.2, 0.25) is 0 Å². The van der Waals surface area contributed by atoms with E-state index in [2.05, 4.69) is 12.2 Å². The zero-order valence-corrected chi connectivity index (χ0v) is 14.1. The van der Waals surface area contributed by atoms with Crippen molar-refractivity contribution in [3.8, 4) is 0 Å². The lowest BCUT2D eigenvalue weighted by Crippen LogP contribution is -2.46. The molecule has 0 saturated heterocycles. The Morgan fingerprint density at radius 1 is 1.15 bits per heavy atom. The van der Waals surface area contributed by atoms with Crippen LogP contribution >= 0.6 is 0 Å². The van der Waals surface area contributed by atoms with E-state index in [9.17, 15) is 8.42 Å². The first-order valence-electron chi connectivity index (χ1n) is 7.97. The van der Waals surface area contributed by atoms with E-state index in [1.54, 1.807) is 11.4 Å². The molecule has 0 amide bonds. The molecule has 1 aliphatic rings. The van der Waals surface area contributed by atoms with Gasteiger partial charge in [0.25, 0.3) is 10.2 Å². The molecule has 0 radical (unpaired) electrons. The summed E-state index contributed by atoms with van der Waals surface area (Å²) in [4.78, 5) is 0. The summed E-state index contributed by atoms with van der Waals surface area (Å²) in [7, 11) is -1.59. The van der Waals surface area contributed by atoms with Gasteiger partial charge in [-0.25, -0.2) is 0 Å². The van der Waals surface area contributed by atoms with E-state index in [-0.39, 0.29) is 6.04 Å². The van der Waals surface area contributed by atoms with Crippen LogP contribution in [0, 0.1) is 0 Å². The van der Waals surface area contributed by atoms with Gasteiger partial charge in [0.05, 0.1) is 0 Å². The highest BCUT2D eigenvalue weighted by atomic mass is 32.2. The van der Waals surface area contributed by atoms with Crippen molar-refractivity contribution in [2.24, 2.45) is 0 Å². The van der Waals surface area contributed by atoms with Gasteiger partial charge in [-0.2, -0.15) is 17.0 Å². The molecule has 5 nitrogen and oxygen atoms in total. The summed E-state index contributed by atoms with van der Waals surface area (Å²) in [6, 6.07) is 0.214. The third-order valence-corrected chi connectivity index (χ3v) is 6.11. The van der Waals surface area contributed by atoms with Crippen molar-refractivity contribution in [2.45, 2.75) is 58.4 Å². The average Bonchev–Trinajstić information content (AvgIpc) is 2.92. The van der Waals surface area contributed by atoms with Gasteiger partial charge in [-0.1, -0.05) is 26.7 Å². The van der Waals surface area contributed by atoms with Gasteiger partial charge in [0.1, 0.15) is 0 Å². The Bertz CT molecular complexity index is 353. The second-order valence-electron chi connectivity index (χ2n) is 5.57. The monoisotopic (exact) mass is 305 g/mol. The second kappa shape index (κ2) is 8.97. The number of nitrogens with zero attached hydrogens (tertiary/aromatic N) is 2. The van der Waals surface area contributed by atoms with Crippen molar-refractivity contribution in [2.75, 3.05) is 33.2 Å². The zero-order chi connectivity index (χ0) is 15.0. The highest BCUT2D eigenvalue weighted by Gasteiger charge is 2.33. The summed E-state index contributed by atoms with van der Waals surface area (Å²) < 4.78 is 28.4. The van der Waals surface area contributed by atoms with Gasteiger partial charge < -0.3 is 5.32 Å². The van der Waals surface area contributed by atoms with Crippen molar-refractivity contribution in [1.29, 1.82) is 0 Å². The Kier molecular flexibility index (Phi) is 8.02. The second-order valence-corrected chi connectivity index (χ2v) is 7.56. The van der Waals surface area contributed by atoms with E-state index in [1.807, 2.05) is 6.92 Å². The van der Waals surface area contributed by atoms with Crippen LogP contribution in [0.5, 0.6) is 0 Å². The first-order valence-corrected chi connectivity index (χ1v) is 9.37. The van der Waals surface area contributed by atoms with Crippen molar-refractivity contribution >= 4 is 10.2 Å². The zero-order valence-electron chi connectivity index (χ0n) is 13.3. The average molecular weight is 305 g/mol. The van der Waals surface area contributed by atoms with E-state index < -0.39 is 10.2 Å². The molecular formula is C14H31N3O2S. The Hall–Kier alpha value is -0.170. The third-order valence-electron chi connectivity index (χ3n) is 3.99. The quantitative estimate of drug-likeness (QED) is 0.626. The normalized spacial score (nSPS) is 17.4. The Morgan fingerprint density at radius 2 is 1.80 bits per heavy atom. The van der Waals surface area contributed by atoms with E-state index >= 15 is 0 Å². The number of rotatable bonds is 10. The first-order chi connectivity index (χ1) is 9.54. The van der Waals surface area contributed by atoms with Crippen molar-refractivity contribution in [3.05, 3.63) is 0 Å². The molecule has 120 valence electrons. The fraction of sp³-hybridized carbons (Fsp3) is 1.00. The predicted molar refractivity (Wildman–Crippen MR) is 84.0 cm³/mol. The number of hydrogen-bond donors (Lipinski definition) is 1. The van der Waals surface area contributed by atoms with Crippen molar-refractivity contribution in [3.63, 3.8) is 0 Å². The molecule has 0 spiro atoms. The molecule has 0 aromatic rings. The minimum atomic E-state index is -3.29. The molecule has 0 bridgehead atoms. The summed E-state index contributed by atoms with van der Waals surface area (Å²) >= 11 is 0. The maximum absolute atomic E-state index is 12.6. The van der Waals surface area contributed by atoms with Gasteiger partial charge in [-0.15, -0.1) is 0 Å². The largest absolute Gasteiger partial charge is 0.317 e. The molecule has 1 rings (SSSR count). The fourth-order valence-corrected chi connectivity index (χ4v) is 4.46.